The normalized spacial score (nSPS) is 17.3. The van der Waals surface area contributed by atoms with Gasteiger partial charge in [-0.1, -0.05) is 12.1 Å². The molecule has 1 aromatic rings. The van der Waals surface area contributed by atoms with Gasteiger partial charge in [0.15, 0.2) is 0 Å². The smallest absolute Gasteiger partial charge is 0.325 e. The highest BCUT2D eigenvalue weighted by Gasteiger charge is 2.45. The fourth-order valence-corrected chi connectivity index (χ4v) is 1.96. The molecule has 1 unspecified atom stereocenters. The van der Waals surface area contributed by atoms with E-state index in [2.05, 4.69) is 10.6 Å². The summed E-state index contributed by atoms with van der Waals surface area (Å²) in [6, 6.07) is 5.96. The van der Waals surface area contributed by atoms with Crippen LogP contribution in [0.5, 0.6) is 0 Å². The van der Waals surface area contributed by atoms with Gasteiger partial charge in [0.2, 0.25) is 0 Å². The van der Waals surface area contributed by atoms with Crippen LogP contribution in [0, 0.1) is 0 Å². The number of anilines is 1. The van der Waals surface area contributed by atoms with Gasteiger partial charge < -0.3 is 21.5 Å². The predicted octanol–water partition coefficient (Wildman–Crippen LogP) is 1.03. The molecule has 1 fully saturated rings. The van der Waals surface area contributed by atoms with Gasteiger partial charge in [0.1, 0.15) is 6.04 Å². The lowest BCUT2D eigenvalue weighted by atomic mass is 10.0. The van der Waals surface area contributed by atoms with Crippen LogP contribution in [0.3, 0.4) is 0 Å². The van der Waals surface area contributed by atoms with E-state index in [0.29, 0.717) is 5.69 Å². The monoisotopic (exact) mass is 263 g/mol. The van der Waals surface area contributed by atoms with Crippen molar-refractivity contribution >= 4 is 17.7 Å². The van der Waals surface area contributed by atoms with Gasteiger partial charge in [0.05, 0.1) is 5.54 Å². The number of carbonyl (C=O) groups is 2. The highest BCUT2D eigenvalue weighted by atomic mass is 16.4. The molecule has 1 aliphatic rings. The number of carboxylic acid groups (broad SMARTS) is 1. The first-order valence-corrected chi connectivity index (χ1v) is 6.10. The Morgan fingerprint density at radius 3 is 2.63 bits per heavy atom. The van der Waals surface area contributed by atoms with Gasteiger partial charge >= 0.3 is 12.0 Å². The fourth-order valence-electron chi connectivity index (χ4n) is 1.96. The number of rotatable bonds is 4. The van der Waals surface area contributed by atoms with Crippen molar-refractivity contribution in [3.8, 4) is 0 Å². The van der Waals surface area contributed by atoms with Gasteiger partial charge in [-0.3, -0.25) is 4.79 Å². The van der Waals surface area contributed by atoms with Crippen molar-refractivity contribution in [2.75, 3.05) is 5.73 Å². The Hall–Kier alpha value is -2.24. The molecule has 5 N–H and O–H groups in total. The van der Waals surface area contributed by atoms with Gasteiger partial charge in [0, 0.05) is 5.69 Å². The van der Waals surface area contributed by atoms with Crippen molar-refractivity contribution in [2.24, 2.45) is 0 Å². The standard InChI is InChI=1S/C13H17N3O3/c1-8(11(17)18)15-12(19)16-13(5-6-13)9-3-2-4-10(14)7-9/h2-4,7-8H,5-6,14H2,1H3,(H,17,18)(H2,15,16,19). The van der Waals surface area contributed by atoms with Crippen molar-refractivity contribution in [1.29, 1.82) is 0 Å². The molecular formula is C13H17N3O3. The van der Waals surface area contributed by atoms with E-state index in [1.807, 2.05) is 18.2 Å². The number of nitrogens with one attached hydrogen (secondary N) is 2. The van der Waals surface area contributed by atoms with E-state index in [1.165, 1.54) is 6.92 Å². The summed E-state index contributed by atoms with van der Waals surface area (Å²) in [4.78, 5) is 22.4. The molecule has 1 aromatic carbocycles. The molecule has 102 valence electrons. The average molecular weight is 263 g/mol. The predicted molar refractivity (Wildman–Crippen MR) is 70.5 cm³/mol. The number of nitrogens with two attached hydrogens (primary N) is 1. The molecule has 0 bridgehead atoms. The summed E-state index contributed by atoms with van der Waals surface area (Å²) >= 11 is 0. The third-order valence-corrected chi connectivity index (χ3v) is 3.26. The van der Waals surface area contributed by atoms with Crippen molar-refractivity contribution in [3.05, 3.63) is 29.8 Å². The lowest BCUT2D eigenvalue weighted by Gasteiger charge is -2.20. The Morgan fingerprint density at radius 2 is 2.11 bits per heavy atom. The van der Waals surface area contributed by atoms with Gasteiger partial charge in [0.25, 0.3) is 0 Å². The third-order valence-electron chi connectivity index (χ3n) is 3.26. The third kappa shape index (κ3) is 2.96. The number of carbonyl (C=O) groups excluding carboxylic acids is 1. The number of nitrogen functional groups attached to an aromatic ring is 1. The van der Waals surface area contributed by atoms with Crippen molar-refractivity contribution in [3.63, 3.8) is 0 Å². The lowest BCUT2D eigenvalue weighted by Crippen LogP contribution is -2.47. The number of aliphatic carboxylic acids is 1. The number of amides is 2. The van der Waals surface area contributed by atoms with Crippen LogP contribution in [0.1, 0.15) is 25.3 Å². The second kappa shape index (κ2) is 4.79. The van der Waals surface area contributed by atoms with E-state index in [4.69, 9.17) is 10.8 Å². The molecule has 1 aliphatic carbocycles. The minimum absolute atomic E-state index is 0.405. The maximum absolute atomic E-state index is 11.8. The topological polar surface area (TPSA) is 104 Å². The molecule has 0 saturated heterocycles. The van der Waals surface area contributed by atoms with Crippen molar-refractivity contribution in [2.45, 2.75) is 31.3 Å². The average Bonchev–Trinajstić information content (AvgIpc) is 3.09. The van der Waals surface area contributed by atoms with Gasteiger partial charge in [-0.05, 0) is 37.5 Å². The number of hydrogen-bond acceptors (Lipinski definition) is 3. The Balaban J connectivity index is 2.02. The first-order chi connectivity index (χ1) is 8.93. The Bertz CT molecular complexity index is 512. The SMILES string of the molecule is CC(NC(=O)NC1(c2cccc(N)c2)CC1)C(=O)O. The number of hydrogen-bond donors (Lipinski definition) is 4. The van der Waals surface area contributed by atoms with Gasteiger partial charge in [-0.25, -0.2) is 4.79 Å². The number of urea groups is 1. The highest BCUT2D eigenvalue weighted by Crippen LogP contribution is 2.45. The van der Waals surface area contributed by atoms with Crippen LogP contribution in [0.25, 0.3) is 0 Å². The van der Waals surface area contributed by atoms with Crippen LogP contribution in [0.4, 0.5) is 10.5 Å². The second-order valence-corrected chi connectivity index (χ2v) is 4.87. The van der Waals surface area contributed by atoms with E-state index < -0.39 is 23.6 Å². The zero-order valence-corrected chi connectivity index (χ0v) is 10.6. The summed E-state index contributed by atoms with van der Waals surface area (Å²) < 4.78 is 0. The highest BCUT2D eigenvalue weighted by molar-refractivity contribution is 5.83. The summed E-state index contributed by atoms with van der Waals surface area (Å²) in [6.45, 7) is 1.42. The molecule has 1 atom stereocenters. The Labute approximate surface area is 111 Å². The molecule has 6 heteroatoms. The maximum atomic E-state index is 11.8. The zero-order chi connectivity index (χ0) is 14.0. The first kappa shape index (κ1) is 13.2. The van der Waals surface area contributed by atoms with Crippen LogP contribution < -0.4 is 16.4 Å². The summed E-state index contributed by atoms with van der Waals surface area (Å²) in [5, 5.41) is 13.9. The van der Waals surface area contributed by atoms with E-state index in [0.717, 1.165) is 18.4 Å². The number of benzene rings is 1. The molecule has 1 saturated carbocycles. The summed E-state index contributed by atoms with van der Waals surface area (Å²) in [7, 11) is 0. The molecule has 0 heterocycles. The molecule has 6 nitrogen and oxygen atoms in total. The molecule has 0 radical (unpaired) electrons. The van der Waals surface area contributed by atoms with Gasteiger partial charge in [-0.2, -0.15) is 0 Å². The van der Waals surface area contributed by atoms with E-state index in [9.17, 15) is 9.59 Å². The van der Waals surface area contributed by atoms with E-state index in [-0.39, 0.29) is 0 Å². The Kier molecular flexibility index (Phi) is 3.33. The molecule has 2 amide bonds. The van der Waals surface area contributed by atoms with Crippen LogP contribution >= 0.6 is 0 Å². The quantitative estimate of drug-likeness (QED) is 0.609. The minimum atomic E-state index is -1.07. The van der Waals surface area contributed by atoms with Crippen LogP contribution in [0.15, 0.2) is 24.3 Å². The number of carboxylic acids is 1. The van der Waals surface area contributed by atoms with Crippen LogP contribution in [-0.2, 0) is 10.3 Å². The molecular weight excluding hydrogens is 246 g/mol. The second-order valence-electron chi connectivity index (χ2n) is 4.87. The molecule has 0 aromatic heterocycles. The summed E-state index contributed by atoms with van der Waals surface area (Å²) in [6.07, 6.45) is 1.65. The fraction of sp³-hybridized carbons (Fsp3) is 0.385. The van der Waals surface area contributed by atoms with Gasteiger partial charge in [-0.15, -0.1) is 0 Å². The van der Waals surface area contributed by atoms with E-state index >= 15 is 0 Å². The molecule has 0 spiro atoms. The first-order valence-electron chi connectivity index (χ1n) is 6.10. The minimum Gasteiger partial charge on any atom is -0.480 e. The van der Waals surface area contributed by atoms with Crippen LogP contribution in [-0.4, -0.2) is 23.1 Å². The summed E-state index contributed by atoms with van der Waals surface area (Å²) in [5.74, 6) is -1.07. The molecule has 19 heavy (non-hydrogen) atoms. The van der Waals surface area contributed by atoms with E-state index in [1.54, 1.807) is 6.07 Å². The van der Waals surface area contributed by atoms with Crippen molar-refractivity contribution < 1.29 is 14.7 Å². The largest absolute Gasteiger partial charge is 0.480 e. The Morgan fingerprint density at radius 1 is 1.42 bits per heavy atom. The molecule has 2 rings (SSSR count). The molecule has 0 aliphatic heterocycles. The maximum Gasteiger partial charge on any atom is 0.325 e. The summed E-state index contributed by atoms with van der Waals surface area (Å²) in [5.41, 5.74) is 6.92. The van der Waals surface area contributed by atoms with Crippen LogP contribution in [0.2, 0.25) is 0 Å². The van der Waals surface area contributed by atoms with Crippen molar-refractivity contribution in [1.82, 2.24) is 10.6 Å². The zero-order valence-electron chi connectivity index (χ0n) is 10.6. The lowest BCUT2D eigenvalue weighted by molar-refractivity contribution is -0.138.